The Morgan fingerprint density at radius 2 is 1.04 bits per heavy atom. The average Bonchev–Trinajstić information content (AvgIpc) is 2.49. The average molecular weight is 338 g/mol. The van der Waals surface area contributed by atoms with Crippen LogP contribution >= 0.6 is 0 Å². The van der Waals surface area contributed by atoms with Crippen LogP contribution < -0.4 is 10.9 Å². The number of amides is 2. The fraction of sp³-hybridized carbons (Fsp3) is 0.778. The molecule has 0 saturated carbocycles. The minimum atomic E-state index is -0.0227. The molecule has 0 saturated heterocycles. The standard InChI is InChI=1S/C18H34N4O2/c1-15(2)13-19-21-17(23)11-9-7-5-6-8-10-12-18(24)22-20-14-16(3)4/h13-16H,5-12H2,1-4H3,(H,21,23)(H,22,24). The molecule has 0 radical (unpaired) electrons. The number of rotatable bonds is 13. The van der Waals surface area contributed by atoms with E-state index >= 15 is 0 Å². The molecular formula is C18H34N4O2. The Hall–Kier alpha value is -1.72. The van der Waals surface area contributed by atoms with Gasteiger partial charge in [0.15, 0.2) is 0 Å². The maximum absolute atomic E-state index is 11.5. The van der Waals surface area contributed by atoms with E-state index in [1.165, 1.54) is 0 Å². The molecule has 0 aliphatic heterocycles. The predicted octanol–water partition coefficient (Wildman–Crippen LogP) is 3.62. The van der Waals surface area contributed by atoms with Crippen molar-refractivity contribution in [1.82, 2.24) is 10.9 Å². The summed E-state index contributed by atoms with van der Waals surface area (Å²) in [6.07, 6.45) is 10.5. The number of nitrogens with one attached hydrogen (secondary N) is 2. The van der Waals surface area contributed by atoms with Gasteiger partial charge in [0.25, 0.3) is 0 Å². The minimum Gasteiger partial charge on any atom is -0.273 e. The van der Waals surface area contributed by atoms with Gasteiger partial charge in [0.05, 0.1) is 0 Å². The molecule has 6 heteroatoms. The smallest absolute Gasteiger partial charge is 0.240 e. The summed E-state index contributed by atoms with van der Waals surface area (Å²) < 4.78 is 0. The Kier molecular flexibility index (Phi) is 13.8. The van der Waals surface area contributed by atoms with Gasteiger partial charge in [0.1, 0.15) is 0 Å². The summed E-state index contributed by atoms with van der Waals surface area (Å²) in [5, 5.41) is 7.77. The van der Waals surface area contributed by atoms with Gasteiger partial charge in [-0.3, -0.25) is 9.59 Å². The van der Waals surface area contributed by atoms with Crippen molar-refractivity contribution < 1.29 is 9.59 Å². The number of carbonyl (C=O) groups is 2. The third-order valence-electron chi connectivity index (χ3n) is 3.18. The molecule has 0 rings (SSSR count). The summed E-state index contributed by atoms with van der Waals surface area (Å²) >= 11 is 0. The van der Waals surface area contributed by atoms with E-state index in [1.807, 2.05) is 27.7 Å². The monoisotopic (exact) mass is 338 g/mol. The molecule has 2 amide bonds. The topological polar surface area (TPSA) is 82.9 Å². The Balaban J connectivity index is 3.42. The Morgan fingerprint density at radius 1 is 0.708 bits per heavy atom. The second-order valence-corrected chi connectivity index (χ2v) is 6.74. The highest BCUT2D eigenvalue weighted by Crippen LogP contribution is 2.08. The van der Waals surface area contributed by atoms with E-state index in [-0.39, 0.29) is 11.8 Å². The summed E-state index contributed by atoms with van der Waals surface area (Å²) in [6, 6.07) is 0. The van der Waals surface area contributed by atoms with Crippen molar-refractivity contribution in [2.75, 3.05) is 0 Å². The van der Waals surface area contributed by atoms with E-state index in [0.29, 0.717) is 24.7 Å². The molecular weight excluding hydrogens is 304 g/mol. The fourth-order valence-electron chi connectivity index (χ4n) is 1.91. The maximum Gasteiger partial charge on any atom is 0.240 e. The lowest BCUT2D eigenvalue weighted by atomic mass is 10.1. The lowest BCUT2D eigenvalue weighted by Gasteiger charge is -2.03. The van der Waals surface area contributed by atoms with Crippen LogP contribution in [-0.4, -0.2) is 24.2 Å². The van der Waals surface area contributed by atoms with Gasteiger partial charge in [0.2, 0.25) is 11.8 Å². The normalized spacial score (nSPS) is 11.8. The molecule has 2 N–H and O–H groups in total. The number of nitrogens with zero attached hydrogens (tertiary/aromatic N) is 2. The summed E-state index contributed by atoms with van der Waals surface area (Å²) in [5.74, 6) is 0.639. The number of hydrazone groups is 2. The first-order valence-corrected chi connectivity index (χ1v) is 9.06. The van der Waals surface area contributed by atoms with E-state index in [2.05, 4.69) is 21.1 Å². The Bertz CT molecular complexity index is 366. The van der Waals surface area contributed by atoms with Gasteiger partial charge >= 0.3 is 0 Å². The van der Waals surface area contributed by atoms with Crippen molar-refractivity contribution in [3.05, 3.63) is 0 Å². The third kappa shape index (κ3) is 16.6. The first-order valence-electron chi connectivity index (χ1n) is 9.06. The van der Waals surface area contributed by atoms with Crippen LogP contribution in [0.4, 0.5) is 0 Å². The largest absolute Gasteiger partial charge is 0.273 e. The summed E-state index contributed by atoms with van der Waals surface area (Å²) in [7, 11) is 0. The van der Waals surface area contributed by atoms with Gasteiger partial charge in [-0.25, -0.2) is 10.9 Å². The molecule has 0 atom stereocenters. The van der Waals surface area contributed by atoms with Crippen molar-refractivity contribution >= 4 is 24.2 Å². The Labute approximate surface area is 146 Å². The van der Waals surface area contributed by atoms with Gasteiger partial charge in [-0.05, 0) is 24.7 Å². The van der Waals surface area contributed by atoms with E-state index < -0.39 is 0 Å². The third-order valence-corrected chi connectivity index (χ3v) is 3.18. The summed E-state index contributed by atoms with van der Waals surface area (Å²) in [6.45, 7) is 8.05. The number of carbonyl (C=O) groups excluding carboxylic acids is 2. The molecule has 0 aromatic rings. The SMILES string of the molecule is CC(C)C=NNC(=O)CCCCCCCCC(=O)NN=CC(C)C. The summed E-state index contributed by atoms with van der Waals surface area (Å²) in [5.41, 5.74) is 5.07. The van der Waals surface area contributed by atoms with Crippen LogP contribution in [0.3, 0.4) is 0 Å². The first-order chi connectivity index (χ1) is 11.4. The number of hydrogen-bond donors (Lipinski definition) is 2. The van der Waals surface area contributed by atoms with Crippen molar-refractivity contribution in [1.29, 1.82) is 0 Å². The quantitative estimate of drug-likeness (QED) is 0.305. The van der Waals surface area contributed by atoms with Crippen molar-refractivity contribution in [2.45, 2.75) is 79.1 Å². The van der Waals surface area contributed by atoms with E-state index in [0.717, 1.165) is 38.5 Å². The van der Waals surface area contributed by atoms with Crippen LogP contribution in [0.5, 0.6) is 0 Å². The van der Waals surface area contributed by atoms with Crippen molar-refractivity contribution in [3.63, 3.8) is 0 Å². The summed E-state index contributed by atoms with van der Waals surface area (Å²) in [4.78, 5) is 23.0. The van der Waals surface area contributed by atoms with Crippen molar-refractivity contribution in [2.24, 2.45) is 22.0 Å². The van der Waals surface area contributed by atoms with Crippen LogP contribution in [-0.2, 0) is 9.59 Å². The van der Waals surface area contributed by atoms with Crippen molar-refractivity contribution in [3.8, 4) is 0 Å². The highest BCUT2D eigenvalue weighted by atomic mass is 16.2. The molecule has 24 heavy (non-hydrogen) atoms. The number of unbranched alkanes of at least 4 members (excludes halogenated alkanes) is 5. The van der Waals surface area contributed by atoms with Crippen LogP contribution in [0.15, 0.2) is 10.2 Å². The van der Waals surface area contributed by atoms with Gasteiger partial charge in [-0.2, -0.15) is 10.2 Å². The molecule has 6 nitrogen and oxygen atoms in total. The molecule has 0 aromatic carbocycles. The molecule has 138 valence electrons. The van der Waals surface area contributed by atoms with Crippen LogP contribution in [0.1, 0.15) is 79.1 Å². The predicted molar refractivity (Wildman–Crippen MR) is 99.9 cm³/mol. The van der Waals surface area contributed by atoms with Gasteiger partial charge in [-0.1, -0.05) is 53.4 Å². The van der Waals surface area contributed by atoms with E-state index in [4.69, 9.17) is 0 Å². The molecule has 0 aliphatic carbocycles. The van der Waals surface area contributed by atoms with Crippen LogP contribution in [0.2, 0.25) is 0 Å². The number of hydrogen-bond acceptors (Lipinski definition) is 4. The lowest BCUT2D eigenvalue weighted by molar-refractivity contribution is -0.122. The van der Waals surface area contributed by atoms with Crippen LogP contribution in [0.25, 0.3) is 0 Å². The van der Waals surface area contributed by atoms with Gasteiger partial charge in [-0.15, -0.1) is 0 Å². The molecule has 0 spiro atoms. The highest BCUT2D eigenvalue weighted by molar-refractivity contribution is 5.77. The highest BCUT2D eigenvalue weighted by Gasteiger charge is 2.01. The maximum atomic E-state index is 11.5. The molecule has 0 unspecified atom stereocenters. The first kappa shape index (κ1) is 22.3. The van der Waals surface area contributed by atoms with Crippen LogP contribution in [0, 0.1) is 11.8 Å². The zero-order chi connectivity index (χ0) is 18.2. The van der Waals surface area contributed by atoms with E-state index in [1.54, 1.807) is 12.4 Å². The molecule has 0 aromatic heterocycles. The fourth-order valence-corrected chi connectivity index (χ4v) is 1.91. The van der Waals surface area contributed by atoms with E-state index in [9.17, 15) is 9.59 Å². The molecule has 0 aliphatic rings. The zero-order valence-electron chi connectivity index (χ0n) is 15.7. The Morgan fingerprint density at radius 3 is 1.38 bits per heavy atom. The van der Waals surface area contributed by atoms with Gasteiger partial charge in [0, 0.05) is 25.3 Å². The molecule has 0 fully saturated rings. The lowest BCUT2D eigenvalue weighted by Crippen LogP contribution is -2.17. The second-order valence-electron chi connectivity index (χ2n) is 6.74. The minimum absolute atomic E-state index is 0.0227. The second kappa shape index (κ2) is 14.8. The van der Waals surface area contributed by atoms with Gasteiger partial charge < -0.3 is 0 Å². The zero-order valence-corrected chi connectivity index (χ0v) is 15.7. The molecule has 0 bridgehead atoms. The molecule has 0 heterocycles.